The number of carbonyl (C=O) groups excluding carboxylic acids is 1. The Kier molecular flexibility index (Phi) is 4.59. The molecule has 1 fully saturated rings. The van der Waals surface area contributed by atoms with Crippen LogP contribution in [0.4, 0.5) is 4.79 Å². The number of hydrogen-bond donors (Lipinski definition) is 1. The van der Waals surface area contributed by atoms with E-state index < -0.39 is 0 Å². The molecule has 0 radical (unpaired) electrons. The maximum absolute atomic E-state index is 11.8. The predicted octanol–water partition coefficient (Wildman–Crippen LogP) is 1.98. The lowest BCUT2D eigenvalue weighted by atomic mass is 9.96. The van der Waals surface area contributed by atoms with E-state index in [1.54, 1.807) is 11.9 Å². The monoisotopic (exact) mass is 228 g/mol. The van der Waals surface area contributed by atoms with Crippen LogP contribution in [0.1, 0.15) is 39.5 Å². The minimum atomic E-state index is -0.235. The Labute approximate surface area is 98.1 Å². The lowest BCUT2D eigenvalue weighted by Crippen LogP contribution is -2.52. The quantitative estimate of drug-likeness (QED) is 0.800. The number of carbonyl (C=O) groups is 1. The summed E-state index contributed by atoms with van der Waals surface area (Å²) in [6, 6.07) is 0. The van der Waals surface area contributed by atoms with Crippen LogP contribution in [-0.4, -0.2) is 36.7 Å². The highest BCUT2D eigenvalue weighted by atomic mass is 16.6. The van der Waals surface area contributed by atoms with E-state index in [0.29, 0.717) is 19.1 Å². The lowest BCUT2D eigenvalue weighted by Gasteiger charge is -2.37. The van der Waals surface area contributed by atoms with Crippen LogP contribution in [0.25, 0.3) is 0 Å². The molecule has 0 unspecified atom stereocenters. The van der Waals surface area contributed by atoms with Crippen molar-refractivity contribution in [1.82, 2.24) is 4.90 Å². The smallest absolute Gasteiger partial charge is 0.410 e. The summed E-state index contributed by atoms with van der Waals surface area (Å²) in [4.78, 5) is 13.6. The number of hydrogen-bond acceptors (Lipinski definition) is 3. The van der Waals surface area contributed by atoms with E-state index in [0.717, 1.165) is 25.7 Å². The molecule has 0 aliphatic heterocycles. The zero-order valence-corrected chi connectivity index (χ0v) is 10.7. The zero-order valence-electron chi connectivity index (χ0n) is 10.7. The molecule has 0 heterocycles. The van der Waals surface area contributed by atoms with Crippen molar-refractivity contribution in [2.75, 3.05) is 20.2 Å². The van der Waals surface area contributed by atoms with Crippen molar-refractivity contribution in [2.45, 2.75) is 45.1 Å². The highest BCUT2D eigenvalue weighted by molar-refractivity contribution is 5.68. The van der Waals surface area contributed by atoms with Gasteiger partial charge in [-0.2, -0.15) is 0 Å². The standard InChI is InChI=1S/C12H24N2O2/c1-10(2)8-16-11(15)14(3)12(9-13)6-4-5-7-12/h10H,4-9,13H2,1-3H3. The SMILES string of the molecule is CC(C)COC(=O)N(C)C1(CN)CCCC1. The molecule has 1 aliphatic carbocycles. The number of amides is 1. The van der Waals surface area contributed by atoms with Gasteiger partial charge in [0.15, 0.2) is 0 Å². The number of ether oxygens (including phenoxy) is 1. The van der Waals surface area contributed by atoms with Gasteiger partial charge >= 0.3 is 6.09 Å². The van der Waals surface area contributed by atoms with Crippen LogP contribution >= 0.6 is 0 Å². The van der Waals surface area contributed by atoms with Crippen molar-refractivity contribution >= 4 is 6.09 Å². The Morgan fingerprint density at radius 2 is 2.00 bits per heavy atom. The maximum Gasteiger partial charge on any atom is 0.410 e. The molecule has 1 aliphatic rings. The van der Waals surface area contributed by atoms with Gasteiger partial charge in [-0.3, -0.25) is 0 Å². The van der Waals surface area contributed by atoms with Crippen LogP contribution in [0.2, 0.25) is 0 Å². The molecule has 0 atom stereocenters. The fraction of sp³-hybridized carbons (Fsp3) is 0.917. The summed E-state index contributed by atoms with van der Waals surface area (Å²) in [5, 5.41) is 0. The van der Waals surface area contributed by atoms with E-state index in [2.05, 4.69) is 0 Å². The third-order valence-electron chi connectivity index (χ3n) is 3.44. The Bertz CT molecular complexity index is 235. The average Bonchev–Trinajstić information content (AvgIpc) is 2.74. The lowest BCUT2D eigenvalue weighted by molar-refractivity contribution is 0.0608. The molecule has 0 aromatic rings. The maximum atomic E-state index is 11.8. The van der Waals surface area contributed by atoms with Crippen LogP contribution < -0.4 is 5.73 Å². The van der Waals surface area contributed by atoms with Gasteiger partial charge in [0.2, 0.25) is 0 Å². The summed E-state index contributed by atoms with van der Waals surface area (Å²) in [6.45, 7) is 5.06. The summed E-state index contributed by atoms with van der Waals surface area (Å²) in [6.07, 6.45) is 4.06. The third-order valence-corrected chi connectivity index (χ3v) is 3.44. The molecule has 1 amide bonds. The molecule has 94 valence electrons. The Morgan fingerprint density at radius 1 is 1.44 bits per heavy atom. The first-order chi connectivity index (χ1) is 7.52. The molecule has 4 nitrogen and oxygen atoms in total. The molecule has 4 heteroatoms. The van der Waals surface area contributed by atoms with Crippen LogP contribution in [-0.2, 0) is 4.74 Å². The number of nitrogens with two attached hydrogens (primary N) is 1. The topological polar surface area (TPSA) is 55.6 Å². The molecular formula is C12H24N2O2. The molecular weight excluding hydrogens is 204 g/mol. The van der Waals surface area contributed by atoms with Crippen LogP contribution in [0, 0.1) is 5.92 Å². The zero-order chi connectivity index (χ0) is 12.2. The van der Waals surface area contributed by atoms with Gasteiger partial charge < -0.3 is 15.4 Å². The number of nitrogens with zero attached hydrogens (tertiary/aromatic N) is 1. The second-order valence-electron chi connectivity index (χ2n) is 5.17. The Balaban J connectivity index is 2.54. The van der Waals surface area contributed by atoms with E-state index in [1.165, 1.54) is 0 Å². The summed E-state index contributed by atoms with van der Waals surface area (Å²) >= 11 is 0. The second-order valence-corrected chi connectivity index (χ2v) is 5.17. The molecule has 0 spiro atoms. The fourth-order valence-corrected chi connectivity index (χ4v) is 2.24. The average molecular weight is 228 g/mol. The van der Waals surface area contributed by atoms with Gasteiger partial charge in [0.05, 0.1) is 12.1 Å². The summed E-state index contributed by atoms with van der Waals surface area (Å²) in [5.41, 5.74) is 5.66. The predicted molar refractivity (Wildman–Crippen MR) is 64.2 cm³/mol. The van der Waals surface area contributed by atoms with Gasteiger partial charge in [-0.15, -0.1) is 0 Å². The Morgan fingerprint density at radius 3 is 2.44 bits per heavy atom. The normalized spacial score (nSPS) is 18.8. The van der Waals surface area contributed by atoms with Crippen LogP contribution in [0.5, 0.6) is 0 Å². The second kappa shape index (κ2) is 5.53. The van der Waals surface area contributed by atoms with E-state index in [-0.39, 0.29) is 11.6 Å². The largest absolute Gasteiger partial charge is 0.449 e. The molecule has 0 bridgehead atoms. The van der Waals surface area contributed by atoms with E-state index in [4.69, 9.17) is 10.5 Å². The van der Waals surface area contributed by atoms with Crippen molar-refractivity contribution in [3.63, 3.8) is 0 Å². The van der Waals surface area contributed by atoms with E-state index in [1.807, 2.05) is 13.8 Å². The van der Waals surface area contributed by atoms with Gasteiger partial charge in [-0.1, -0.05) is 26.7 Å². The van der Waals surface area contributed by atoms with Crippen LogP contribution in [0.15, 0.2) is 0 Å². The van der Waals surface area contributed by atoms with Gasteiger partial charge in [-0.05, 0) is 18.8 Å². The van der Waals surface area contributed by atoms with Crippen molar-refractivity contribution in [3.8, 4) is 0 Å². The molecule has 0 aromatic carbocycles. The first-order valence-electron chi connectivity index (χ1n) is 6.12. The van der Waals surface area contributed by atoms with Crippen LogP contribution in [0.3, 0.4) is 0 Å². The van der Waals surface area contributed by atoms with Gasteiger partial charge in [0.25, 0.3) is 0 Å². The number of rotatable bonds is 4. The van der Waals surface area contributed by atoms with Crippen molar-refractivity contribution in [3.05, 3.63) is 0 Å². The summed E-state index contributed by atoms with van der Waals surface area (Å²) in [7, 11) is 1.81. The van der Waals surface area contributed by atoms with Gasteiger partial charge in [0.1, 0.15) is 0 Å². The molecule has 0 saturated heterocycles. The van der Waals surface area contributed by atoms with E-state index >= 15 is 0 Å². The summed E-state index contributed by atoms with van der Waals surface area (Å²) < 4.78 is 5.24. The molecule has 0 aromatic heterocycles. The molecule has 2 N–H and O–H groups in total. The van der Waals surface area contributed by atoms with Crippen molar-refractivity contribution in [2.24, 2.45) is 11.7 Å². The highest BCUT2D eigenvalue weighted by Gasteiger charge is 2.39. The van der Waals surface area contributed by atoms with Gasteiger partial charge in [0, 0.05) is 13.6 Å². The third kappa shape index (κ3) is 2.88. The minimum absolute atomic E-state index is 0.159. The Hall–Kier alpha value is -0.770. The molecule has 1 rings (SSSR count). The number of likely N-dealkylation sites (N-methyl/N-ethyl adjacent to an activating group) is 1. The van der Waals surface area contributed by atoms with Crippen molar-refractivity contribution < 1.29 is 9.53 Å². The minimum Gasteiger partial charge on any atom is -0.449 e. The first kappa shape index (κ1) is 13.3. The molecule has 16 heavy (non-hydrogen) atoms. The fourth-order valence-electron chi connectivity index (χ4n) is 2.24. The summed E-state index contributed by atoms with van der Waals surface area (Å²) in [5.74, 6) is 0.370. The first-order valence-corrected chi connectivity index (χ1v) is 6.12. The highest BCUT2D eigenvalue weighted by Crippen LogP contribution is 2.33. The van der Waals surface area contributed by atoms with Crippen molar-refractivity contribution in [1.29, 1.82) is 0 Å². The van der Waals surface area contributed by atoms with Gasteiger partial charge in [-0.25, -0.2) is 4.79 Å². The van der Waals surface area contributed by atoms with E-state index in [9.17, 15) is 4.79 Å². The molecule has 1 saturated carbocycles.